The Bertz CT molecular complexity index is 1930. The van der Waals surface area contributed by atoms with Crippen LogP contribution in [-0.4, -0.2) is 46.3 Å². The van der Waals surface area contributed by atoms with Crippen molar-refractivity contribution in [3.8, 4) is 11.5 Å². The Morgan fingerprint density at radius 1 is 1.06 bits per heavy atom. The van der Waals surface area contributed by atoms with Crippen molar-refractivity contribution < 1.29 is 23.4 Å². The van der Waals surface area contributed by atoms with Gasteiger partial charge in [0.25, 0.3) is 0 Å². The lowest BCUT2D eigenvalue weighted by atomic mass is 9.74. The number of halogens is 2. The number of aryl methyl sites for hydroxylation is 1. The second-order valence-corrected chi connectivity index (χ2v) is 15.1. The molecule has 2 bridgehead atoms. The molecule has 0 saturated heterocycles. The van der Waals surface area contributed by atoms with E-state index < -0.39 is 28.9 Å². The number of benzene rings is 3. The molecule has 1 aliphatic heterocycles. The summed E-state index contributed by atoms with van der Waals surface area (Å²) in [4.78, 5) is 24.0. The van der Waals surface area contributed by atoms with Gasteiger partial charge in [-0.05, 0) is 96.9 Å². The summed E-state index contributed by atoms with van der Waals surface area (Å²) in [5.74, 6) is 0.126. The number of amidine groups is 2. The summed E-state index contributed by atoms with van der Waals surface area (Å²) in [6.07, 6.45) is 5.81. The van der Waals surface area contributed by atoms with Gasteiger partial charge in [-0.2, -0.15) is 11.8 Å². The number of carboxylic acid groups (broad SMARTS) is 1. The number of carboxylic acids is 1. The van der Waals surface area contributed by atoms with Crippen molar-refractivity contribution in [1.29, 1.82) is 0 Å². The van der Waals surface area contributed by atoms with Gasteiger partial charge in [0, 0.05) is 41.2 Å². The van der Waals surface area contributed by atoms with Crippen LogP contribution in [0.1, 0.15) is 67.9 Å². The Kier molecular flexibility index (Phi) is 9.40. The zero-order chi connectivity index (χ0) is 34.2. The van der Waals surface area contributed by atoms with Crippen molar-refractivity contribution in [1.82, 2.24) is 4.98 Å². The molecule has 10 heteroatoms. The van der Waals surface area contributed by atoms with Crippen LogP contribution >= 0.6 is 11.8 Å². The number of fused-ring (bicyclic) bond motifs is 6. The van der Waals surface area contributed by atoms with Crippen LogP contribution in [-0.2, 0) is 29.5 Å². The third-order valence-corrected chi connectivity index (χ3v) is 11.4. The van der Waals surface area contributed by atoms with Gasteiger partial charge in [-0.3, -0.25) is 9.79 Å². The third kappa shape index (κ3) is 6.72. The van der Waals surface area contributed by atoms with E-state index in [4.69, 9.17) is 15.5 Å². The van der Waals surface area contributed by atoms with Crippen LogP contribution in [0.2, 0.25) is 0 Å². The number of aliphatic imine (C=N–C) groups is 2. The molecule has 48 heavy (non-hydrogen) atoms. The summed E-state index contributed by atoms with van der Waals surface area (Å²) < 4.78 is 37.3. The molecule has 1 aromatic heterocycles. The molecule has 6 rings (SSSR count). The lowest BCUT2D eigenvalue weighted by Crippen LogP contribution is -2.40. The molecule has 252 valence electrons. The molecule has 0 amide bonds. The highest BCUT2D eigenvalue weighted by molar-refractivity contribution is 7.99. The van der Waals surface area contributed by atoms with Crippen molar-refractivity contribution in [2.45, 2.75) is 64.7 Å². The normalized spacial score (nSPS) is 22.7. The standard InChI is InChI=1S/C38H42F2N4O3S/c1-37(2)12-5-13-38(3,25-7-6-22-16-24(35(45)46)17-23(22)18-25)36(41)44-34(42-4)29-19-26(8-9-30(29)39)47-33-28(11-15-48-21-37)27-10-14-43-32(27)20-31(33)40/h6-10,14,18-20,24,43H,5,11-13,15-17,21H2,1-4H3,(H,45,46)(H2,41,42,44). The highest BCUT2D eigenvalue weighted by Crippen LogP contribution is 2.39. The SMILES string of the molecule is CN=C1N=C(N)C(C)(c2ccc3c(c2)CC(C(=O)O)C3)CCCC(C)(C)CSCCc2c(c(F)cc3[nH]ccc23)Oc2ccc(F)c1c2. The predicted molar refractivity (Wildman–Crippen MR) is 190 cm³/mol. The molecule has 4 N–H and O–H groups in total. The number of aromatic nitrogens is 1. The minimum absolute atomic E-state index is 0.0108. The van der Waals surface area contributed by atoms with Crippen LogP contribution in [0.25, 0.3) is 10.9 Å². The molecule has 2 aliphatic rings. The molecule has 3 aromatic carbocycles. The number of hydrogen-bond acceptors (Lipinski definition) is 5. The fourth-order valence-corrected chi connectivity index (χ4v) is 8.17. The molecule has 1 aliphatic carbocycles. The lowest BCUT2D eigenvalue weighted by molar-refractivity contribution is -0.141. The second kappa shape index (κ2) is 13.4. The number of nitrogens with two attached hydrogens (primary N) is 1. The van der Waals surface area contributed by atoms with Gasteiger partial charge in [0.1, 0.15) is 17.4 Å². The first kappa shape index (κ1) is 33.7. The molecule has 0 fully saturated rings. The first-order valence-electron chi connectivity index (χ1n) is 16.4. The minimum Gasteiger partial charge on any atom is -0.481 e. The lowest BCUT2D eigenvalue weighted by Gasteiger charge is -2.32. The molecular weight excluding hydrogens is 631 g/mol. The quantitative estimate of drug-likeness (QED) is 0.199. The van der Waals surface area contributed by atoms with Crippen molar-refractivity contribution in [3.05, 3.63) is 94.2 Å². The number of aliphatic carboxylic acids is 1. The van der Waals surface area contributed by atoms with E-state index in [2.05, 4.69) is 29.9 Å². The van der Waals surface area contributed by atoms with Gasteiger partial charge in [0.15, 0.2) is 17.4 Å². The molecule has 2 unspecified atom stereocenters. The molecule has 2 heterocycles. The topological polar surface area (TPSA) is 113 Å². The Morgan fingerprint density at radius 2 is 1.85 bits per heavy atom. The van der Waals surface area contributed by atoms with Crippen LogP contribution < -0.4 is 10.5 Å². The zero-order valence-corrected chi connectivity index (χ0v) is 28.6. The van der Waals surface area contributed by atoms with Gasteiger partial charge in [-0.1, -0.05) is 38.5 Å². The van der Waals surface area contributed by atoms with E-state index in [0.717, 1.165) is 52.0 Å². The van der Waals surface area contributed by atoms with Crippen LogP contribution in [0.4, 0.5) is 8.78 Å². The number of thioether (sulfide) groups is 1. The second-order valence-electron chi connectivity index (χ2n) is 14.0. The highest BCUT2D eigenvalue weighted by Gasteiger charge is 2.35. The molecular formula is C38H42F2N4O3S. The van der Waals surface area contributed by atoms with E-state index in [1.165, 1.54) is 31.3 Å². The van der Waals surface area contributed by atoms with Gasteiger partial charge in [0.05, 0.1) is 11.5 Å². The average Bonchev–Trinajstić information content (AvgIpc) is 3.70. The first-order chi connectivity index (χ1) is 22.9. The van der Waals surface area contributed by atoms with Gasteiger partial charge < -0.3 is 20.6 Å². The van der Waals surface area contributed by atoms with E-state index in [1.54, 1.807) is 6.20 Å². The van der Waals surface area contributed by atoms with Crippen LogP contribution in [0, 0.1) is 23.0 Å². The van der Waals surface area contributed by atoms with E-state index in [-0.39, 0.29) is 34.1 Å². The predicted octanol–water partition coefficient (Wildman–Crippen LogP) is 8.22. The summed E-state index contributed by atoms with van der Waals surface area (Å²) in [6, 6.07) is 13.7. The first-order valence-corrected chi connectivity index (χ1v) is 17.5. The highest BCUT2D eigenvalue weighted by atomic mass is 32.2. The van der Waals surface area contributed by atoms with E-state index in [0.29, 0.717) is 31.2 Å². The largest absolute Gasteiger partial charge is 0.481 e. The van der Waals surface area contributed by atoms with Crippen LogP contribution in [0.3, 0.4) is 0 Å². The number of nitrogens with zero attached hydrogens (tertiary/aromatic N) is 2. The Hall–Kier alpha value is -4.18. The molecule has 7 nitrogen and oxygen atoms in total. The molecule has 4 aromatic rings. The van der Waals surface area contributed by atoms with E-state index >= 15 is 8.78 Å². The van der Waals surface area contributed by atoms with E-state index in [1.807, 2.05) is 36.9 Å². The monoisotopic (exact) mass is 672 g/mol. The number of ether oxygens (including phenoxy) is 1. The van der Waals surface area contributed by atoms with Crippen molar-refractivity contribution >= 4 is 40.3 Å². The van der Waals surface area contributed by atoms with Crippen molar-refractivity contribution in [2.75, 3.05) is 18.6 Å². The van der Waals surface area contributed by atoms with Gasteiger partial charge in [-0.15, -0.1) is 0 Å². The average molecular weight is 673 g/mol. The van der Waals surface area contributed by atoms with Crippen LogP contribution in [0.5, 0.6) is 11.5 Å². The Balaban J connectivity index is 1.44. The van der Waals surface area contributed by atoms with Gasteiger partial charge >= 0.3 is 5.97 Å². The summed E-state index contributed by atoms with van der Waals surface area (Å²) in [7, 11) is 1.53. The maximum atomic E-state index is 15.6. The molecule has 2 atom stereocenters. The Morgan fingerprint density at radius 3 is 2.62 bits per heavy atom. The van der Waals surface area contributed by atoms with Gasteiger partial charge in [-0.25, -0.2) is 13.8 Å². The number of rotatable bonds is 2. The fourth-order valence-electron chi connectivity index (χ4n) is 6.98. The van der Waals surface area contributed by atoms with Crippen molar-refractivity contribution in [3.63, 3.8) is 0 Å². The summed E-state index contributed by atoms with van der Waals surface area (Å²) >= 11 is 1.83. The molecule has 0 spiro atoms. The number of H-pyrrole nitrogens is 1. The number of hydrogen-bond donors (Lipinski definition) is 3. The number of nitrogens with one attached hydrogen (secondary N) is 1. The molecule has 0 radical (unpaired) electrons. The third-order valence-electron chi connectivity index (χ3n) is 9.91. The van der Waals surface area contributed by atoms with Crippen molar-refractivity contribution in [2.24, 2.45) is 27.1 Å². The van der Waals surface area contributed by atoms with Gasteiger partial charge in [0.2, 0.25) is 0 Å². The minimum atomic E-state index is -0.794. The number of carbonyl (C=O) groups is 1. The van der Waals surface area contributed by atoms with E-state index in [9.17, 15) is 9.90 Å². The van der Waals surface area contributed by atoms with Crippen LogP contribution in [0.15, 0.2) is 64.7 Å². The summed E-state index contributed by atoms with van der Waals surface area (Å²) in [5, 5.41) is 10.5. The Labute approximate surface area is 284 Å². The summed E-state index contributed by atoms with van der Waals surface area (Å²) in [5.41, 5.74) is 10.7. The zero-order valence-electron chi connectivity index (χ0n) is 27.8. The summed E-state index contributed by atoms with van der Waals surface area (Å²) in [6.45, 7) is 6.56. The maximum Gasteiger partial charge on any atom is 0.307 e. The number of aromatic amines is 1. The maximum absolute atomic E-state index is 15.6. The smallest absolute Gasteiger partial charge is 0.307 e. The fraction of sp³-hybridized carbons (Fsp3) is 0.395. The molecule has 0 saturated carbocycles.